The van der Waals surface area contributed by atoms with Crippen LogP contribution >= 0.6 is 0 Å². The topological polar surface area (TPSA) is 12.0 Å². The number of hydrogen-bond acceptors (Lipinski definition) is 1. The summed E-state index contributed by atoms with van der Waals surface area (Å²) in [6, 6.07) is 0.692. The Kier molecular flexibility index (Phi) is 5.56. The fourth-order valence-electron chi connectivity index (χ4n) is 1.23. The summed E-state index contributed by atoms with van der Waals surface area (Å²) in [6.07, 6.45) is 3.84. The van der Waals surface area contributed by atoms with Gasteiger partial charge in [0.15, 0.2) is 0 Å². The molecule has 0 radical (unpaired) electrons. The van der Waals surface area contributed by atoms with Crippen molar-refractivity contribution in [1.82, 2.24) is 5.32 Å². The summed E-state index contributed by atoms with van der Waals surface area (Å²) >= 11 is 0. The van der Waals surface area contributed by atoms with Gasteiger partial charge in [0.2, 0.25) is 0 Å². The molecule has 0 spiro atoms. The minimum atomic E-state index is 0.471. The van der Waals surface area contributed by atoms with Gasteiger partial charge in [0.25, 0.3) is 0 Å². The Bertz CT molecular complexity index is 102. The summed E-state index contributed by atoms with van der Waals surface area (Å²) in [4.78, 5) is 0. The summed E-state index contributed by atoms with van der Waals surface area (Å²) in [7, 11) is 0. The van der Waals surface area contributed by atoms with Gasteiger partial charge >= 0.3 is 0 Å². The Morgan fingerprint density at radius 1 is 1.25 bits per heavy atom. The zero-order chi connectivity index (χ0) is 9.61. The standard InChI is InChI=1S/C11H25N/c1-6-7-10(2)12-9-8-11(3,4)5/h10,12H,6-9H2,1-5H3. The third-order valence-electron chi connectivity index (χ3n) is 2.09. The van der Waals surface area contributed by atoms with E-state index in [0.717, 1.165) is 6.54 Å². The summed E-state index contributed by atoms with van der Waals surface area (Å²) in [6.45, 7) is 12.5. The van der Waals surface area contributed by atoms with Crippen molar-refractivity contribution in [3.05, 3.63) is 0 Å². The van der Waals surface area contributed by atoms with Gasteiger partial charge in [-0.15, -0.1) is 0 Å². The van der Waals surface area contributed by atoms with Gasteiger partial charge < -0.3 is 5.32 Å². The maximum Gasteiger partial charge on any atom is 0.00386 e. The van der Waals surface area contributed by atoms with Gasteiger partial charge in [0.05, 0.1) is 0 Å². The molecule has 0 fully saturated rings. The van der Waals surface area contributed by atoms with E-state index >= 15 is 0 Å². The first-order valence-electron chi connectivity index (χ1n) is 5.19. The molecule has 0 rings (SSSR count). The largest absolute Gasteiger partial charge is 0.314 e. The lowest BCUT2D eigenvalue weighted by molar-refractivity contribution is 0.353. The van der Waals surface area contributed by atoms with Gasteiger partial charge in [0, 0.05) is 6.04 Å². The average Bonchev–Trinajstić information content (AvgIpc) is 1.84. The van der Waals surface area contributed by atoms with Crippen molar-refractivity contribution in [2.45, 2.75) is 59.9 Å². The van der Waals surface area contributed by atoms with Crippen molar-refractivity contribution in [3.63, 3.8) is 0 Å². The van der Waals surface area contributed by atoms with E-state index in [1.807, 2.05) is 0 Å². The van der Waals surface area contributed by atoms with Crippen LogP contribution in [0.15, 0.2) is 0 Å². The molecule has 0 aromatic rings. The molecule has 0 aromatic heterocycles. The first-order chi connectivity index (χ1) is 5.45. The Morgan fingerprint density at radius 2 is 1.83 bits per heavy atom. The first kappa shape index (κ1) is 12.0. The normalized spacial score (nSPS) is 14.8. The highest BCUT2D eigenvalue weighted by Crippen LogP contribution is 2.17. The summed E-state index contributed by atoms with van der Waals surface area (Å²) < 4.78 is 0. The predicted octanol–water partition coefficient (Wildman–Crippen LogP) is 3.20. The molecule has 1 unspecified atom stereocenters. The van der Waals surface area contributed by atoms with Crippen LogP contribution in [0.5, 0.6) is 0 Å². The van der Waals surface area contributed by atoms with E-state index in [0.29, 0.717) is 11.5 Å². The minimum absolute atomic E-state index is 0.471. The lowest BCUT2D eigenvalue weighted by atomic mass is 9.92. The molecular weight excluding hydrogens is 146 g/mol. The molecule has 0 aliphatic heterocycles. The van der Waals surface area contributed by atoms with Crippen LogP contribution < -0.4 is 5.32 Å². The van der Waals surface area contributed by atoms with Crippen LogP contribution in [-0.2, 0) is 0 Å². The van der Waals surface area contributed by atoms with Crippen molar-refractivity contribution in [2.24, 2.45) is 5.41 Å². The van der Waals surface area contributed by atoms with E-state index in [-0.39, 0.29) is 0 Å². The van der Waals surface area contributed by atoms with E-state index < -0.39 is 0 Å². The van der Waals surface area contributed by atoms with Crippen molar-refractivity contribution in [1.29, 1.82) is 0 Å². The lowest BCUT2D eigenvalue weighted by Crippen LogP contribution is -2.29. The van der Waals surface area contributed by atoms with Crippen molar-refractivity contribution in [2.75, 3.05) is 6.54 Å². The average molecular weight is 171 g/mol. The predicted molar refractivity (Wildman–Crippen MR) is 56.4 cm³/mol. The third kappa shape index (κ3) is 8.06. The summed E-state index contributed by atoms with van der Waals surface area (Å²) in [5, 5.41) is 3.54. The van der Waals surface area contributed by atoms with Crippen LogP contribution in [0.1, 0.15) is 53.9 Å². The number of rotatable bonds is 5. The molecule has 1 nitrogen and oxygen atoms in total. The molecule has 0 aliphatic rings. The molecule has 1 N–H and O–H groups in total. The Balaban J connectivity index is 3.31. The van der Waals surface area contributed by atoms with Gasteiger partial charge in [-0.1, -0.05) is 34.1 Å². The molecule has 0 bridgehead atoms. The van der Waals surface area contributed by atoms with Crippen LogP contribution in [0, 0.1) is 5.41 Å². The second-order valence-electron chi connectivity index (χ2n) is 4.95. The molecule has 74 valence electrons. The maximum atomic E-state index is 3.54. The van der Waals surface area contributed by atoms with E-state index in [4.69, 9.17) is 0 Å². The first-order valence-corrected chi connectivity index (χ1v) is 5.19. The highest BCUT2D eigenvalue weighted by Gasteiger charge is 2.09. The summed E-state index contributed by atoms with van der Waals surface area (Å²) in [5.41, 5.74) is 0.471. The van der Waals surface area contributed by atoms with E-state index in [9.17, 15) is 0 Å². The van der Waals surface area contributed by atoms with E-state index in [2.05, 4.69) is 39.9 Å². The number of hydrogen-bond donors (Lipinski definition) is 1. The quantitative estimate of drug-likeness (QED) is 0.670. The monoisotopic (exact) mass is 171 g/mol. The van der Waals surface area contributed by atoms with Crippen LogP contribution in [0.25, 0.3) is 0 Å². The Hall–Kier alpha value is -0.0400. The second-order valence-corrected chi connectivity index (χ2v) is 4.95. The van der Waals surface area contributed by atoms with Gasteiger partial charge in [-0.3, -0.25) is 0 Å². The molecule has 0 heterocycles. The van der Waals surface area contributed by atoms with E-state index in [1.165, 1.54) is 19.3 Å². The summed E-state index contributed by atoms with van der Waals surface area (Å²) in [5.74, 6) is 0. The molecule has 0 aliphatic carbocycles. The van der Waals surface area contributed by atoms with Gasteiger partial charge in [-0.05, 0) is 31.7 Å². The van der Waals surface area contributed by atoms with E-state index in [1.54, 1.807) is 0 Å². The van der Waals surface area contributed by atoms with Crippen molar-refractivity contribution < 1.29 is 0 Å². The Morgan fingerprint density at radius 3 is 2.25 bits per heavy atom. The molecule has 0 aromatic carbocycles. The minimum Gasteiger partial charge on any atom is -0.314 e. The molecule has 12 heavy (non-hydrogen) atoms. The molecule has 1 atom stereocenters. The third-order valence-corrected chi connectivity index (χ3v) is 2.09. The van der Waals surface area contributed by atoms with Crippen LogP contribution in [0.4, 0.5) is 0 Å². The SMILES string of the molecule is CCCC(C)NCCC(C)(C)C. The van der Waals surface area contributed by atoms with Gasteiger partial charge in [-0.2, -0.15) is 0 Å². The fraction of sp³-hybridized carbons (Fsp3) is 1.00. The molecular formula is C11H25N. The second kappa shape index (κ2) is 5.58. The molecule has 1 heteroatoms. The zero-order valence-electron chi connectivity index (χ0n) is 9.41. The number of nitrogens with one attached hydrogen (secondary N) is 1. The molecule has 0 saturated carbocycles. The van der Waals surface area contributed by atoms with Gasteiger partial charge in [0.1, 0.15) is 0 Å². The Labute approximate surface area is 77.9 Å². The smallest absolute Gasteiger partial charge is 0.00386 e. The highest BCUT2D eigenvalue weighted by molar-refractivity contribution is 4.66. The lowest BCUT2D eigenvalue weighted by Gasteiger charge is -2.20. The maximum absolute atomic E-state index is 3.54. The van der Waals surface area contributed by atoms with Crippen molar-refractivity contribution in [3.8, 4) is 0 Å². The van der Waals surface area contributed by atoms with Crippen LogP contribution in [0.2, 0.25) is 0 Å². The van der Waals surface area contributed by atoms with Gasteiger partial charge in [-0.25, -0.2) is 0 Å². The van der Waals surface area contributed by atoms with Crippen LogP contribution in [-0.4, -0.2) is 12.6 Å². The van der Waals surface area contributed by atoms with Crippen LogP contribution in [0.3, 0.4) is 0 Å². The zero-order valence-corrected chi connectivity index (χ0v) is 9.41. The highest BCUT2D eigenvalue weighted by atomic mass is 14.9. The fourth-order valence-corrected chi connectivity index (χ4v) is 1.23. The van der Waals surface area contributed by atoms with Crippen molar-refractivity contribution >= 4 is 0 Å². The molecule has 0 amide bonds. The molecule has 0 saturated heterocycles.